The van der Waals surface area contributed by atoms with E-state index in [9.17, 15) is 18.0 Å². The van der Waals surface area contributed by atoms with Crippen LogP contribution in [-0.4, -0.2) is 57.1 Å². The van der Waals surface area contributed by atoms with Crippen LogP contribution in [-0.2, 0) is 26.2 Å². The Labute approximate surface area is 233 Å². The Kier molecular flexibility index (Phi) is 10.6. The van der Waals surface area contributed by atoms with Crippen molar-refractivity contribution in [3.63, 3.8) is 0 Å². The van der Waals surface area contributed by atoms with Gasteiger partial charge in [-0.3, -0.25) is 13.9 Å². The van der Waals surface area contributed by atoms with Crippen molar-refractivity contribution in [2.45, 2.75) is 64.1 Å². The molecule has 0 aromatic heterocycles. The first-order valence-electron chi connectivity index (χ1n) is 12.6. The minimum absolute atomic E-state index is 0.104. The van der Waals surface area contributed by atoms with Crippen LogP contribution in [0.5, 0.6) is 5.75 Å². The van der Waals surface area contributed by atoms with Crippen molar-refractivity contribution in [2.75, 3.05) is 24.2 Å². The van der Waals surface area contributed by atoms with Crippen molar-refractivity contribution < 1.29 is 22.7 Å². The predicted molar refractivity (Wildman–Crippen MR) is 154 cm³/mol. The summed E-state index contributed by atoms with van der Waals surface area (Å²) in [4.78, 5) is 28.7. The molecule has 0 saturated heterocycles. The van der Waals surface area contributed by atoms with Gasteiger partial charge in [0.15, 0.2) is 0 Å². The minimum atomic E-state index is -3.75. The smallest absolute Gasteiger partial charge is 0.244 e. The first kappa shape index (κ1) is 29.2. The van der Waals surface area contributed by atoms with E-state index in [1.54, 1.807) is 43.5 Å². The SMILES string of the molecule is CC[C@@H](C(=O)NC1CCCCC1)N(Cc1ccc(OC)cc1)C(=O)CN(c1ccc(I)cc1)S(C)(=O)=O. The van der Waals surface area contributed by atoms with E-state index >= 15 is 0 Å². The molecular formula is C27H36IN3O5S. The molecule has 202 valence electrons. The molecule has 0 spiro atoms. The molecule has 1 atom stereocenters. The molecule has 1 aliphatic carbocycles. The zero-order valence-electron chi connectivity index (χ0n) is 21.7. The van der Waals surface area contributed by atoms with Gasteiger partial charge in [0.1, 0.15) is 18.3 Å². The molecule has 2 aromatic carbocycles. The van der Waals surface area contributed by atoms with Gasteiger partial charge in [-0.1, -0.05) is 38.3 Å². The molecule has 0 unspecified atom stereocenters. The van der Waals surface area contributed by atoms with Gasteiger partial charge in [-0.05, 0) is 83.8 Å². The summed E-state index contributed by atoms with van der Waals surface area (Å²) < 4.78 is 32.7. The largest absolute Gasteiger partial charge is 0.497 e. The third-order valence-corrected chi connectivity index (χ3v) is 8.50. The Morgan fingerprint density at radius 1 is 1.05 bits per heavy atom. The number of carbonyl (C=O) groups excluding carboxylic acids is 2. The fourth-order valence-corrected chi connectivity index (χ4v) is 5.82. The first-order chi connectivity index (χ1) is 17.6. The first-order valence-corrected chi connectivity index (χ1v) is 15.5. The quantitative estimate of drug-likeness (QED) is 0.369. The van der Waals surface area contributed by atoms with Crippen LogP contribution in [0.25, 0.3) is 0 Å². The zero-order valence-corrected chi connectivity index (χ0v) is 24.6. The van der Waals surface area contributed by atoms with Gasteiger partial charge in [0.25, 0.3) is 0 Å². The van der Waals surface area contributed by atoms with Crippen molar-refractivity contribution in [1.29, 1.82) is 0 Å². The Bertz CT molecular complexity index is 1150. The maximum atomic E-state index is 13.8. The molecule has 0 bridgehead atoms. The second-order valence-corrected chi connectivity index (χ2v) is 12.5. The van der Waals surface area contributed by atoms with Crippen molar-refractivity contribution in [3.8, 4) is 5.75 Å². The van der Waals surface area contributed by atoms with E-state index in [1.165, 1.54) is 11.3 Å². The van der Waals surface area contributed by atoms with Gasteiger partial charge in [0, 0.05) is 16.2 Å². The van der Waals surface area contributed by atoms with E-state index in [0.717, 1.165) is 45.4 Å². The Hall–Kier alpha value is -2.34. The average molecular weight is 642 g/mol. The molecule has 8 nitrogen and oxygen atoms in total. The third kappa shape index (κ3) is 8.33. The standard InChI is InChI=1S/C27H36IN3O5S/c1-4-25(27(33)29-22-8-6-5-7-9-22)30(18-20-10-16-24(36-2)17-11-20)26(32)19-31(37(3,34)35)23-14-12-21(28)13-15-23/h10-17,22,25H,4-9,18-19H2,1-3H3,(H,29,33)/t25-/m0/s1. The van der Waals surface area contributed by atoms with Crippen molar-refractivity contribution in [3.05, 3.63) is 57.7 Å². The molecule has 1 aliphatic rings. The molecule has 10 heteroatoms. The lowest BCUT2D eigenvalue weighted by Gasteiger charge is -2.34. The van der Waals surface area contributed by atoms with Crippen molar-refractivity contribution in [2.24, 2.45) is 0 Å². The number of sulfonamides is 1. The summed E-state index contributed by atoms with van der Waals surface area (Å²) in [6.45, 7) is 1.64. The lowest BCUT2D eigenvalue weighted by atomic mass is 9.95. The van der Waals surface area contributed by atoms with Crippen LogP contribution in [0.4, 0.5) is 5.69 Å². The summed E-state index contributed by atoms with van der Waals surface area (Å²) >= 11 is 2.14. The molecule has 1 saturated carbocycles. The van der Waals surface area contributed by atoms with Gasteiger partial charge >= 0.3 is 0 Å². The topological polar surface area (TPSA) is 96.0 Å². The van der Waals surface area contributed by atoms with Crippen molar-refractivity contribution >= 4 is 50.1 Å². The Balaban J connectivity index is 1.90. The van der Waals surface area contributed by atoms with Gasteiger partial charge in [0.2, 0.25) is 21.8 Å². The summed E-state index contributed by atoms with van der Waals surface area (Å²) in [5.41, 5.74) is 1.22. The van der Waals surface area contributed by atoms with E-state index in [4.69, 9.17) is 4.74 Å². The summed E-state index contributed by atoms with van der Waals surface area (Å²) in [6.07, 6.45) is 6.69. The average Bonchev–Trinajstić information content (AvgIpc) is 2.88. The zero-order chi connectivity index (χ0) is 27.0. The fourth-order valence-electron chi connectivity index (χ4n) is 4.61. The Morgan fingerprint density at radius 2 is 1.68 bits per heavy atom. The van der Waals surface area contributed by atoms with Crippen LogP contribution >= 0.6 is 22.6 Å². The normalized spacial score (nSPS) is 15.0. The highest BCUT2D eigenvalue weighted by molar-refractivity contribution is 14.1. The number of benzene rings is 2. The molecule has 0 radical (unpaired) electrons. The van der Waals surface area contributed by atoms with E-state index < -0.39 is 28.5 Å². The number of hydrogen-bond donors (Lipinski definition) is 1. The number of amides is 2. The molecule has 37 heavy (non-hydrogen) atoms. The van der Waals surface area contributed by atoms with Crippen LogP contribution in [0, 0.1) is 3.57 Å². The molecule has 2 aromatic rings. The summed E-state index contributed by atoms with van der Waals surface area (Å²) in [5, 5.41) is 3.15. The van der Waals surface area contributed by atoms with Crippen LogP contribution in [0.3, 0.4) is 0 Å². The van der Waals surface area contributed by atoms with Crippen LogP contribution in [0.15, 0.2) is 48.5 Å². The van der Waals surface area contributed by atoms with Gasteiger partial charge < -0.3 is 15.0 Å². The number of methoxy groups -OCH3 is 1. The highest BCUT2D eigenvalue weighted by atomic mass is 127. The highest BCUT2D eigenvalue weighted by Crippen LogP contribution is 2.22. The number of nitrogens with zero attached hydrogens (tertiary/aromatic N) is 2. The molecule has 3 rings (SSSR count). The van der Waals surface area contributed by atoms with Gasteiger partial charge in [-0.2, -0.15) is 0 Å². The lowest BCUT2D eigenvalue weighted by Crippen LogP contribution is -2.53. The molecule has 0 heterocycles. The predicted octanol–water partition coefficient (Wildman–Crippen LogP) is 4.32. The summed E-state index contributed by atoms with van der Waals surface area (Å²) in [7, 11) is -2.17. The Morgan fingerprint density at radius 3 is 2.22 bits per heavy atom. The van der Waals surface area contributed by atoms with Gasteiger partial charge in [-0.15, -0.1) is 0 Å². The maximum Gasteiger partial charge on any atom is 0.244 e. The van der Waals surface area contributed by atoms with Crippen molar-refractivity contribution in [1.82, 2.24) is 10.2 Å². The summed E-state index contributed by atoms with van der Waals surface area (Å²) in [5.74, 6) is 0.0486. The minimum Gasteiger partial charge on any atom is -0.497 e. The van der Waals surface area contributed by atoms with E-state index in [0.29, 0.717) is 17.9 Å². The highest BCUT2D eigenvalue weighted by Gasteiger charge is 2.32. The van der Waals surface area contributed by atoms with E-state index in [2.05, 4.69) is 27.9 Å². The number of carbonyl (C=O) groups is 2. The van der Waals surface area contributed by atoms with E-state index in [-0.39, 0.29) is 18.5 Å². The van der Waals surface area contributed by atoms with Gasteiger partial charge in [-0.25, -0.2) is 8.42 Å². The number of nitrogens with one attached hydrogen (secondary N) is 1. The maximum absolute atomic E-state index is 13.8. The number of hydrogen-bond acceptors (Lipinski definition) is 5. The number of rotatable bonds is 11. The second-order valence-electron chi connectivity index (χ2n) is 9.38. The fraction of sp³-hybridized carbons (Fsp3) is 0.481. The van der Waals surface area contributed by atoms with Crippen LogP contribution < -0.4 is 14.4 Å². The third-order valence-electron chi connectivity index (χ3n) is 6.64. The van der Waals surface area contributed by atoms with Crippen LogP contribution in [0.1, 0.15) is 51.0 Å². The molecule has 0 aliphatic heterocycles. The van der Waals surface area contributed by atoms with E-state index in [1.807, 2.05) is 19.1 Å². The second kappa shape index (κ2) is 13.5. The number of anilines is 1. The number of halogens is 1. The number of ether oxygens (including phenoxy) is 1. The van der Waals surface area contributed by atoms with Gasteiger partial charge in [0.05, 0.1) is 19.1 Å². The monoisotopic (exact) mass is 641 g/mol. The molecule has 2 amide bonds. The molecular weight excluding hydrogens is 605 g/mol. The molecule has 1 N–H and O–H groups in total. The lowest BCUT2D eigenvalue weighted by molar-refractivity contribution is -0.140. The summed E-state index contributed by atoms with van der Waals surface area (Å²) in [6, 6.07) is 13.6. The van der Waals surface area contributed by atoms with Crippen LogP contribution in [0.2, 0.25) is 0 Å². The molecule has 1 fully saturated rings.